The molecule has 0 aliphatic carbocycles. The molecule has 16 nitrogen and oxygen atoms in total. The predicted octanol–water partition coefficient (Wildman–Crippen LogP) is 23.8. The molecule has 4 N–H and O–H groups in total. The molecule has 0 aliphatic rings. The van der Waals surface area contributed by atoms with Crippen LogP contribution in [0.25, 0.3) is 0 Å². The van der Waals surface area contributed by atoms with Crippen molar-refractivity contribution in [3.63, 3.8) is 0 Å². The number of unbranched alkanes of at least 4 members (excludes halogenated alkanes) is 21. The van der Waals surface area contributed by atoms with E-state index in [0.717, 1.165) is 180 Å². The van der Waals surface area contributed by atoms with Gasteiger partial charge in [0.25, 0.3) is 0 Å². The molecule has 0 aromatic carbocycles. The minimum atomic E-state index is -4.95. The van der Waals surface area contributed by atoms with Gasteiger partial charge in [-0.15, -0.1) is 0 Å². The average molecular weight is 1510 g/mol. The van der Waals surface area contributed by atoms with Crippen molar-refractivity contribution in [2.45, 2.75) is 309 Å². The lowest BCUT2D eigenvalue weighted by Crippen LogP contribution is -2.30. The van der Waals surface area contributed by atoms with Crippen molar-refractivity contribution in [1.29, 1.82) is 0 Å². The van der Waals surface area contributed by atoms with Crippen molar-refractivity contribution in [3.05, 3.63) is 182 Å². The summed E-state index contributed by atoms with van der Waals surface area (Å²) in [5.41, 5.74) is 0. The first-order valence-electron chi connectivity index (χ1n) is 40.1. The molecule has 105 heavy (non-hydrogen) atoms. The maximum atomic E-state index is 13.0. The molecule has 18 heteroatoms. The van der Waals surface area contributed by atoms with E-state index in [4.69, 9.17) is 32.3 Å². The number of aliphatic hydroxyl groups excluding tert-OH is 2. The van der Waals surface area contributed by atoms with Gasteiger partial charge in [-0.25, -0.2) is 9.13 Å². The number of hydrogen-bond acceptors (Lipinski definition) is 14. The Morgan fingerprint density at radius 3 is 0.810 bits per heavy atom. The van der Waals surface area contributed by atoms with E-state index in [0.29, 0.717) is 19.3 Å². The van der Waals surface area contributed by atoms with Gasteiger partial charge in [-0.05, 0) is 161 Å². The molecule has 5 atom stereocenters. The topological polar surface area (TPSA) is 231 Å². The number of aliphatic hydroxyl groups is 2. The van der Waals surface area contributed by atoms with Gasteiger partial charge in [0.2, 0.25) is 0 Å². The Bertz CT molecular complexity index is 2640. The van der Waals surface area contributed by atoms with E-state index in [-0.39, 0.29) is 19.3 Å². The highest BCUT2D eigenvalue weighted by Crippen LogP contribution is 2.45. The monoisotopic (exact) mass is 1500 g/mol. The molecule has 0 aliphatic heterocycles. The number of rotatable bonds is 74. The van der Waals surface area contributed by atoms with E-state index in [9.17, 15) is 43.5 Å². The van der Waals surface area contributed by atoms with Gasteiger partial charge in [0.15, 0.2) is 6.10 Å². The number of esters is 3. The van der Waals surface area contributed by atoms with Crippen LogP contribution in [0.4, 0.5) is 0 Å². The third-order valence-electron chi connectivity index (χ3n) is 16.1. The molecule has 0 bridgehead atoms. The Kier molecular flexibility index (Phi) is 74.3. The Labute approximate surface area is 636 Å². The lowest BCUT2D eigenvalue weighted by atomic mass is 10.1. The van der Waals surface area contributed by atoms with Gasteiger partial charge < -0.3 is 34.2 Å². The van der Waals surface area contributed by atoms with E-state index in [1.807, 2.05) is 0 Å². The SMILES string of the molecule is CC/C=C\C/C=C\C/C=C\C/C=C\C/C=C\C/C=C\CCCCCCCCCCCCC(=O)OCC(O)COP(=O)(O)OCC(O)COP(=O)(O)OCC(COC(=O)CCCCCCC/C=C\C/C=C\C/C=C\C/C=C\CCCCC)OC(=O)CCCCC/C=C\C/C=C\C/C=C\C/C=C\C/C=C\CC. The van der Waals surface area contributed by atoms with E-state index >= 15 is 0 Å². The lowest BCUT2D eigenvalue weighted by Gasteiger charge is -2.21. The highest BCUT2D eigenvalue weighted by Gasteiger charge is 2.29. The molecule has 0 fully saturated rings. The Morgan fingerprint density at radius 2 is 0.505 bits per heavy atom. The van der Waals surface area contributed by atoms with Gasteiger partial charge in [0, 0.05) is 19.3 Å². The van der Waals surface area contributed by atoms with Crippen molar-refractivity contribution in [1.82, 2.24) is 0 Å². The second-order valence-electron chi connectivity index (χ2n) is 26.1. The number of carbonyl (C=O) groups is 3. The first-order valence-corrected chi connectivity index (χ1v) is 43.1. The highest BCUT2D eigenvalue weighted by molar-refractivity contribution is 7.47. The van der Waals surface area contributed by atoms with Crippen LogP contribution < -0.4 is 0 Å². The van der Waals surface area contributed by atoms with Gasteiger partial charge in [0.05, 0.1) is 26.4 Å². The summed E-state index contributed by atoms with van der Waals surface area (Å²) in [4.78, 5) is 58.7. The third kappa shape index (κ3) is 79.5. The maximum Gasteiger partial charge on any atom is 0.472 e. The molecule has 0 saturated carbocycles. The molecule has 596 valence electrons. The summed E-state index contributed by atoms with van der Waals surface area (Å²) >= 11 is 0. The van der Waals surface area contributed by atoms with Crippen LogP contribution in [-0.2, 0) is 55.8 Å². The molecular weight excluding hydrogens is 1360 g/mol. The zero-order valence-corrected chi connectivity index (χ0v) is 66.9. The fourth-order valence-electron chi connectivity index (χ4n) is 10.1. The number of phosphoric ester groups is 2. The van der Waals surface area contributed by atoms with Gasteiger partial charge in [-0.3, -0.25) is 32.5 Å². The van der Waals surface area contributed by atoms with Gasteiger partial charge in [-0.2, -0.15) is 0 Å². The van der Waals surface area contributed by atoms with Crippen LogP contribution in [0.1, 0.15) is 290 Å². The van der Waals surface area contributed by atoms with Crippen molar-refractivity contribution < 1.29 is 75.8 Å². The molecule has 0 saturated heterocycles. The van der Waals surface area contributed by atoms with Crippen LogP contribution >= 0.6 is 15.6 Å². The van der Waals surface area contributed by atoms with Crippen LogP contribution in [0.2, 0.25) is 0 Å². The third-order valence-corrected chi connectivity index (χ3v) is 18.0. The van der Waals surface area contributed by atoms with Crippen molar-refractivity contribution in [3.8, 4) is 0 Å². The van der Waals surface area contributed by atoms with E-state index in [1.165, 1.54) is 51.4 Å². The summed E-state index contributed by atoms with van der Waals surface area (Å²) in [6, 6.07) is 0. The highest BCUT2D eigenvalue weighted by atomic mass is 31.2. The van der Waals surface area contributed by atoms with Gasteiger partial charge >= 0.3 is 33.6 Å². The zero-order valence-electron chi connectivity index (χ0n) is 65.1. The summed E-state index contributed by atoms with van der Waals surface area (Å²) < 4.78 is 61.2. The zero-order chi connectivity index (χ0) is 76.6. The predicted molar refractivity (Wildman–Crippen MR) is 435 cm³/mol. The number of carbonyl (C=O) groups excluding carboxylic acids is 3. The summed E-state index contributed by atoms with van der Waals surface area (Å²) in [6.07, 6.45) is 101. The van der Waals surface area contributed by atoms with Crippen LogP contribution in [0, 0.1) is 0 Å². The van der Waals surface area contributed by atoms with Gasteiger partial charge in [-0.1, -0.05) is 293 Å². The fourth-order valence-corrected chi connectivity index (χ4v) is 11.6. The molecule has 0 aromatic rings. The second kappa shape index (κ2) is 78.2. The Morgan fingerprint density at radius 1 is 0.276 bits per heavy atom. The summed E-state index contributed by atoms with van der Waals surface area (Å²) in [7, 11) is -9.83. The average Bonchev–Trinajstić information content (AvgIpc) is 0.911. The first-order chi connectivity index (χ1) is 51.2. The summed E-state index contributed by atoms with van der Waals surface area (Å²) in [6.45, 7) is 2.34. The number of ether oxygens (including phenoxy) is 3. The summed E-state index contributed by atoms with van der Waals surface area (Å²) in [5, 5.41) is 20.7. The molecule has 0 spiro atoms. The maximum absolute atomic E-state index is 13.0. The molecule has 0 rings (SSSR count). The number of allylic oxidation sites excluding steroid dienone is 30. The van der Waals surface area contributed by atoms with Crippen LogP contribution in [0.3, 0.4) is 0 Å². The number of hydrogen-bond donors (Lipinski definition) is 4. The second-order valence-corrected chi connectivity index (χ2v) is 29.0. The van der Waals surface area contributed by atoms with E-state index < -0.39 is 91.5 Å². The number of phosphoric acid groups is 2. The van der Waals surface area contributed by atoms with Crippen molar-refractivity contribution in [2.24, 2.45) is 0 Å². The fraction of sp³-hybridized carbons (Fsp3) is 0.621. The lowest BCUT2D eigenvalue weighted by molar-refractivity contribution is -0.161. The van der Waals surface area contributed by atoms with Crippen LogP contribution in [0.5, 0.6) is 0 Å². The Balaban J connectivity index is 4.66. The Hall–Kier alpha value is -5.35. The minimum Gasteiger partial charge on any atom is -0.463 e. The molecular formula is C87H142O16P2. The minimum absolute atomic E-state index is 0.0542. The quantitative estimate of drug-likeness (QED) is 0.0146. The first kappa shape index (κ1) is 99.7. The van der Waals surface area contributed by atoms with Crippen LogP contribution in [-0.4, -0.2) is 95.9 Å². The van der Waals surface area contributed by atoms with Crippen molar-refractivity contribution >= 4 is 33.6 Å². The largest absolute Gasteiger partial charge is 0.472 e. The normalized spacial score (nSPS) is 14.9. The standard InChI is InChI=1S/C87H142O16P2/c1-4-7-10-13-16-19-22-25-28-31-34-36-37-38-39-40-41-42-43-45-48-49-52-55-58-61-64-67-70-73-85(90)97-76-82(88)77-99-104(93,94)100-78-83(89)79-101-105(95,96)102-81-84(103-87(92)75-72-69-66-63-60-57-54-51-46-33-30-27-24-21-18-15-12-9-6-3)80-98-86(91)74-71-68-65-62-59-56-53-50-47-44-35-32-29-26-23-20-17-14-11-8-5-2/h7,9-10,12,16-21,25-30,34-36,38-39,41-42,44,46,50-51,53,57,60,82-84,88-89H,4-6,8,11,13-15,22-24,31-33,37,40,43,45,47-49,52,54-56,58-59,61-81H2,1-3H3,(H,93,94)(H,95,96)/b10-7-,12-9-,19-16-,20-17-,21-18-,28-25-,29-26-,30-27-,36-34-,39-38-,42-41-,44-35-,51-46-,53-50-,60-57-. The molecule has 0 radical (unpaired) electrons. The molecule has 0 aromatic heterocycles. The summed E-state index contributed by atoms with van der Waals surface area (Å²) in [5.74, 6) is -1.65. The smallest absolute Gasteiger partial charge is 0.463 e. The van der Waals surface area contributed by atoms with Crippen LogP contribution in [0.15, 0.2) is 182 Å². The molecule has 0 heterocycles. The molecule has 5 unspecified atom stereocenters. The van der Waals surface area contributed by atoms with E-state index in [1.54, 1.807) is 0 Å². The van der Waals surface area contributed by atoms with E-state index in [2.05, 4.69) is 203 Å². The van der Waals surface area contributed by atoms with Crippen molar-refractivity contribution in [2.75, 3.05) is 39.6 Å². The molecule has 0 amide bonds. The van der Waals surface area contributed by atoms with Gasteiger partial charge in [0.1, 0.15) is 25.4 Å².